The number of benzene rings is 2. The van der Waals surface area contributed by atoms with Gasteiger partial charge in [-0.2, -0.15) is 13.2 Å². The van der Waals surface area contributed by atoms with Crippen molar-refractivity contribution in [1.82, 2.24) is 0 Å². The predicted molar refractivity (Wildman–Crippen MR) is 98.6 cm³/mol. The lowest BCUT2D eigenvalue weighted by Crippen LogP contribution is -2.15. The number of rotatable bonds is 6. The van der Waals surface area contributed by atoms with Crippen LogP contribution >= 0.6 is 11.8 Å². The Hall–Kier alpha value is -2.48. The summed E-state index contributed by atoms with van der Waals surface area (Å²) >= 11 is 1.26. The quantitative estimate of drug-likeness (QED) is 0.693. The lowest BCUT2D eigenvalue weighted by atomic mass is 10.2. The summed E-state index contributed by atoms with van der Waals surface area (Å²) in [6.07, 6.45) is -2.59. The van der Waals surface area contributed by atoms with E-state index in [4.69, 9.17) is 0 Å². The van der Waals surface area contributed by atoms with Gasteiger partial charge in [0.05, 0.1) is 11.3 Å². The van der Waals surface area contributed by atoms with E-state index in [0.29, 0.717) is 5.69 Å². The third-order valence-electron chi connectivity index (χ3n) is 3.91. The predicted octanol–water partition coefficient (Wildman–Crippen LogP) is 4.78. The first kappa shape index (κ1) is 19.3. The molecule has 0 aromatic heterocycles. The Morgan fingerprint density at radius 1 is 1.00 bits per heavy atom. The first-order valence-electron chi connectivity index (χ1n) is 8.32. The summed E-state index contributed by atoms with van der Waals surface area (Å²) in [4.78, 5) is 24.5. The molecule has 8 heteroatoms. The average Bonchev–Trinajstić information content (AvgIpc) is 3.46. The number of halogens is 3. The monoisotopic (exact) mass is 394 g/mol. The molecule has 2 amide bonds. The fourth-order valence-electron chi connectivity index (χ4n) is 2.34. The SMILES string of the molecule is O=C(CSc1ccc(NC(=O)C2CC2)cc1)Nc1cccc(C(F)(F)F)c1. The lowest BCUT2D eigenvalue weighted by Gasteiger charge is -2.10. The molecule has 27 heavy (non-hydrogen) atoms. The van der Waals surface area contributed by atoms with Crippen molar-refractivity contribution in [3.63, 3.8) is 0 Å². The number of alkyl halides is 3. The minimum Gasteiger partial charge on any atom is -0.326 e. The zero-order valence-corrected chi connectivity index (χ0v) is 15.0. The van der Waals surface area contributed by atoms with Crippen LogP contribution in [0.1, 0.15) is 18.4 Å². The molecule has 1 saturated carbocycles. The highest BCUT2D eigenvalue weighted by molar-refractivity contribution is 8.00. The van der Waals surface area contributed by atoms with Crippen molar-refractivity contribution < 1.29 is 22.8 Å². The van der Waals surface area contributed by atoms with Gasteiger partial charge in [0.2, 0.25) is 11.8 Å². The van der Waals surface area contributed by atoms with Crippen molar-refractivity contribution in [3.8, 4) is 0 Å². The molecule has 3 rings (SSSR count). The number of carbonyl (C=O) groups is 2. The van der Waals surface area contributed by atoms with Gasteiger partial charge in [0.25, 0.3) is 0 Å². The van der Waals surface area contributed by atoms with E-state index >= 15 is 0 Å². The fourth-order valence-corrected chi connectivity index (χ4v) is 3.04. The minimum absolute atomic E-state index is 0.0240. The second-order valence-electron chi connectivity index (χ2n) is 6.20. The van der Waals surface area contributed by atoms with Gasteiger partial charge in [-0.25, -0.2) is 0 Å². The molecule has 0 bridgehead atoms. The smallest absolute Gasteiger partial charge is 0.326 e. The molecule has 2 aromatic carbocycles. The molecule has 142 valence electrons. The molecule has 0 atom stereocenters. The molecule has 0 saturated heterocycles. The second kappa shape index (κ2) is 8.04. The van der Waals surface area contributed by atoms with Gasteiger partial charge >= 0.3 is 6.18 Å². The highest BCUT2D eigenvalue weighted by atomic mass is 32.2. The van der Waals surface area contributed by atoms with Gasteiger partial charge in [-0.3, -0.25) is 9.59 Å². The first-order chi connectivity index (χ1) is 12.8. The first-order valence-corrected chi connectivity index (χ1v) is 9.31. The van der Waals surface area contributed by atoms with E-state index in [0.717, 1.165) is 29.9 Å². The van der Waals surface area contributed by atoms with Gasteiger partial charge < -0.3 is 10.6 Å². The average molecular weight is 394 g/mol. The molecular weight excluding hydrogens is 377 g/mol. The van der Waals surface area contributed by atoms with E-state index in [9.17, 15) is 22.8 Å². The Morgan fingerprint density at radius 3 is 2.33 bits per heavy atom. The van der Waals surface area contributed by atoms with Crippen LogP contribution in [0.25, 0.3) is 0 Å². The van der Waals surface area contributed by atoms with Crippen LogP contribution in [0.15, 0.2) is 53.4 Å². The van der Waals surface area contributed by atoms with Crippen molar-refractivity contribution in [2.45, 2.75) is 23.9 Å². The molecule has 0 heterocycles. The molecule has 0 spiro atoms. The van der Waals surface area contributed by atoms with Gasteiger partial charge in [-0.1, -0.05) is 6.07 Å². The van der Waals surface area contributed by atoms with Gasteiger partial charge in [0, 0.05) is 22.2 Å². The minimum atomic E-state index is -4.45. The van der Waals surface area contributed by atoms with E-state index in [1.165, 1.54) is 23.9 Å². The molecule has 1 aliphatic carbocycles. The number of hydrogen-bond acceptors (Lipinski definition) is 3. The number of amides is 2. The van der Waals surface area contributed by atoms with Crippen molar-refractivity contribution in [2.75, 3.05) is 16.4 Å². The second-order valence-corrected chi connectivity index (χ2v) is 7.25. The third-order valence-corrected chi connectivity index (χ3v) is 4.93. The zero-order chi connectivity index (χ0) is 19.4. The topological polar surface area (TPSA) is 58.2 Å². The van der Waals surface area contributed by atoms with Gasteiger partial charge in [0.15, 0.2) is 0 Å². The van der Waals surface area contributed by atoms with Gasteiger partial charge in [-0.15, -0.1) is 11.8 Å². The maximum atomic E-state index is 12.7. The molecule has 0 aliphatic heterocycles. The number of carbonyl (C=O) groups excluding carboxylic acids is 2. The van der Waals surface area contributed by atoms with Crippen LogP contribution in [0.3, 0.4) is 0 Å². The van der Waals surface area contributed by atoms with Crippen molar-refractivity contribution in [1.29, 1.82) is 0 Å². The summed E-state index contributed by atoms with van der Waals surface area (Å²) in [5, 5.41) is 5.29. The summed E-state index contributed by atoms with van der Waals surface area (Å²) in [5.74, 6) is -0.191. The molecule has 2 aromatic rings. The standard InChI is InChI=1S/C19H17F3N2O2S/c20-19(21,22)13-2-1-3-15(10-13)23-17(25)11-27-16-8-6-14(7-9-16)24-18(26)12-4-5-12/h1-3,6-10,12H,4-5,11H2,(H,23,25)(H,24,26). The molecule has 4 nitrogen and oxygen atoms in total. The number of hydrogen-bond donors (Lipinski definition) is 2. The lowest BCUT2D eigenvalue weighted by molar-refractivity contribution is -0.137. The molecule has 1 fully saturated rings. The van der Waals surface area contributed by atoms with Crippen LogP contribution in [-0.2, 0) is 15.8 Å². The Kier molecular flexibility index (Phi) is 5.74. The van der Waals surface area contributed by atoms with E-state index < -0.39 is 17.6 Å². The Labute approximate surface area is 158 Å². The van der Waals surface area contributed by atoms with Crippen LogP contribution in [0.4, 0.5) is 24.5 Å². The molecule has 1 aliphatic rings. The highest BCUT2D eigenvalue weighted by Crippen LogP contribution is 2.31. The third kappa shape index (κ3) is 5.75. The van der Waals surface area contributed by atoms with E-state index in [1.54, 1.807) is 24.3 Å². The molecule has 0 unspecified atom stereocenters. The van der Waals surface area contributed by atoms with E-state index in [-0.39, 0.29) is 23.3 Å². The van der Waals surface area contributed by atoms with Gasteiger partial charge in [0.1, 0.15) is 0 Å². The van der Waals surface area contributed by atoms with Gasteiger partial charge in [-0.05, 0) is 55.3 Å². The summed E-state index contributed by atoms with van der Waals surface area (Å²) in [7, 11) is 0. The summed E-state index contributed by atoms with van der Waals surface area (Å²) in [6, 6.07) is 11.6. The fraction of sp³-hybridized carbons (Fsp3) is 0.263. The van der Waals surface area contributed by atoms with E-state index in [2.05, 4.69) is 10.6 Å². The summed E-state index contributed by atoms with van der Waals surface area (Å²) in [5.41, 5.74) is -0.00462. The van der Waals surface area contributed by atoms with Crippen molar-refractivity contribution in [3.05, 3.63) is 54.1 Å². The van der Waals surface area contributed by atoms with Crippen LogP contribution in [0.2, 0.25) is 0 Å². The maximum Gasteiger partial charge on any atom is 0.416 e. The summed E-state index contributed by atoms with van der Waals surface area (Å²) in [6.45, 7) is 0. The highest BCUT2D eigenvalue weighted by Gasteiger charge is 2.30. The Morgan fingerprint density at radius 2 is 1.70 bits per heavy atom. The largest absolute Gasteiger partial charge is 0.416 e. The van der Waals surface area contributed by atoms with Crippen molar-refractivity contribution >= 4 is 35.0 Å². The van der Waals surface area contributed by atoms with Crippen LogP contribution < -0.4 is 10.6 Å². The molecule has 2 N–H and O–H groups in total. The van der Waals surface area contributed by atoms with Crippen LogP contribution in [0.5, 0.6) is 0 Å². The number of thioether (sulfide) groups is 1. The number of anilines is 2. The number of nitrogens with one attached hydrogen (secondary N) is 2. The van der Waals surface area contributed by atoms with Crippen molar-refractivity contribution in [2.24, 2.45) is 5.92 Å². The molecular formula is C19H17F3N2O2S. The summed E-state index contributed by atoms with van der Waals surface area (Å²) < 4.78 is 38.1. The molecule has 0 radical (unpaired) electrons. The zero-order valence-electron chi connectivity index (χ0n) is 14.2. The Balaban J connectivity index is 1.49. The van der Waals surface area contributed by atoms with Crippen LogP contribution in [0, 0.1) is 5.92 Å². The van der Waals surface area contributed by atoms with Crippen LogP contribution in [-0.4, -0.2) is 17.6 Å². The van der Waals surface area contributed by atoms with E-state index in [1.807, 2.05) is 0 Å². The normalized spacial score (nSPS) is 13.9. The Bertz CT molecular complexity index is 834. The maximum absolute atomic E-state index is 12.7.